The van der Waals surface area contributed by atoms with Crippen molar-refractivity contribution in [2.24, 2.45) is 7.05 Å². The van der Waals surface area contributed by atoms with Gasteiger partial charge in [-0.15, -0.1) is 0 Å². The number of nitrogens with zero attached hydrogens (tertiary/aromatic N) is 2. The number of aromatic nitrogens is 2. The Bertz CT molecular complexity index is 1110. The summed E-state index contributed by atoms with van der Waals surface area (Å²) >= 11 is 12.2. The van der Waals surface area contributed by atoms with Gasteiger partial charge in [0.2, 0.25) is 0 Å². The SMILES string of the molecule is COc1cc2c(cc1OC)-c1c(c(C(=O)Nc3cccc(Cl)c3Cl)nn1C)C2. The van der Waals surface area contributed by atoms with Crippen molar-refractivity contribution in [3.8, 4) is 22.8 Å². The van der Waals surface area contributed by atoms with Crippen LogP contribution in [0, 0.1) is 0 Å². The van der Waals surface area contributed by atoms with E-state index < -0.39 is 0 Å². The number of halogens is 2. The molecule has 0 unspecified atom stereocenters. The second-order valence-corrected chi connectivity index (χ2v) is 7.18. The van der Waals surface area contributed by atoms with Gasteiger partial charge < -0.3 is 14.8 Å². The molecule has 144 valence electrons. The monoisotopic (exact) mass is 417 g/mol. The zero-order chi connectivity index (χ0) is 20.0. The summed E-state index contributed by atoms with van der Waals surface area (Å²) in [5.74, 6) is 0.943. The van der Waals surface area contributed by atoms with Crippen molar-refractivity contribution in [3.63, 3.8) is 0 Å². The molecule has 1 amide bonds. The largest absolute Gasteiger partial charge is 0.493 e. The lowest BCUT2D eigenvalue weighted by molar-refractivity contribution is 0.102. The van der Waals surface area contributed by atoms with E-state index in [0.29, 0.717) is 39.3 Å². The van der Waals surface area contributed by atoms with Crippen molar-refractivity contribution in [2.75, 3.05) is 19.5 Å². The molecule has 2 aromatic carbocycles. The smallest absolute Gasteiger partial charge is 0.276 e. The Balaban J connectivity index is 1.73. The molecule has 1 heterocycles. The summed E-state index contributed by atoms with van der Waals surface area (Å²) in [4.78, 5) is 12.9. The van der Waals surface area contributed by atoms with Gasteiger partial charge in [-0.3, -0.25) is 9.48 Å². The average molecular weight is 418 g/mol. The van der Waals surface area contributed by atoms with Crippen LogP contribution in [0.3, 0.4) is 0 Å². The number of anilines is 1. The van der Waals surface area contributed by atoms with Crippen LogP contribution < -0.4 is 14.8 Å². The van der Waals surface area contributed by atoms with Gasteiger partial charge in [-0.1, -0.05) is 29.3 Å². The van der Waals surface area contributed by atoms with Crippen LogP contribution in [-0.2, 0) is 13.5 Å². The molecule has 0 saturated heterocycles. The molecule has 0 fully saturated rings. The number of methoxy groups -OCH3 is 2. The van der Waals surface area contributed by atoms with Crippen LogP contribution in [-0.4, -0.2) is 29.9 Å². The zero-order valence-electron chi connectivity index (χ0n) is 15.5. The highest BCUT2D eigenvalue weighted by Crippen LogP contribution is 2.43. The van der Waals surface area contributed by atoms with Crippen molar-refractivity contribution in [3.05, 3.63) is 57.2 Å². The minimum Gasteiger partial charge on any atom is -0.493 e. The lowest BCUT2D eigenvalue weighted by atomic mass is 10.1. The number of fused-ring (bicyclic) bond motifs is 3. The predicted octanol–water partition coefficient (Wildman–Crippen LogP) is 4.57. The van der Waals surface area contributed by atoms with E-state index in [0.717, 1.165) is 22.4 Å². The van der Waals surface area contributed by atoms with E-state index in [2.05, 4.69) is 10.4 Å². The average Bonchev–Trinajstić information content (AvgIpc) is 3.21. The van der Waals surface area contributed by atoms with E-state index in [1.165, 1.54) is 0 Å². The van der Waals surface area contributed by atoms with Crippen molar-refractivity contribution in [1.82, 2.24) is 9.78 Å². The standard InChI is InChI=1S/C20H17Cl2N3O3/c1-25-19-11-9-16(28-3)15(27-2)8-10(11)7-12(19)18(24-25)20(26)23-14-6-4-5-13(21)17(14)22/h4-6,8-9H,7H2,1-3H3,(H,23,26). The zero-order valence-corrected chi connectivity index (χ0v) is 17.0. The van der Waals surface area contributed by atoms with Crippen LogP contribution in [0.4, 0.5) is 5.69 Å². The maximum absolute atomic E-state index is 12.9. The molecule has 0 spiro atoms. The molecule has 1 N–H and O–H groups in total. The maximum Gasteiger partial charge on any atom is 0.276 e. The predicted molar refractivity (Wildman–Crippen MR) is 109 cm³/mol. The van der Waals surface area contributed by atoms with E-state index >= 15 is 0 Å². The minimum absolute atomic E-state index is 0.294. The second-order valence-electron chi connectivity index (χ2n) is 6.40. The van der Waals surface area contributed by atoms with E-state index in [1.54, 1.807) is 37.1 Å². The van der Waals surface area contributed by atoms with Gasteiger partial charge in [0.1, 0.15) is 0 Å². The number of nitrogens with one attached hydrogen (secondary N) is 1. The lowest BCUT2D eigenvalue weighted by Crippen LogP contribution is -2.15. The molecular weight excluding hydrogens is 401 g/mol. The third kappa shape index (κ3) is 2.89. The van der Waals surface area contributed by atoms with Gasteiger partial charge in [0.25, 0.3) is 5.91 Å². The number of carbonyl (C=O) groups is 1. The van der Waals surface area contributed by atoms with Gasteiger partial charge >= 0.3 is 0 Å². The first-order valence-electron chi connectivity index (χ1n) is 8.51. The number of benzene rings is 2. The highest BCUT2D eigenvalue weighted by molar-refractivity contribution is 6.44. The van der Waals surface area contributed by atoms with E-state index in [1.807, 2.05) is 19.2 Å². The molecule has 0 bridgehead atoms. The quantitative estimate of drug-likeness (QED) is 0.528. The van der Waals surface area contributed by atoms with E-state index in [-0.39, 0.29) is 5.91 Å². The second kappa shape index (κ2) is 7.04. The van der Waals surface area contributed by atoms with E-state index in [4.69, 9.17) is 32.7 Å². The van der Waals surface area contributed by atoms with Crippen LogP contribution in [0.1, 0.15) is 21.6 Å². The van der Waals surface area contributed by atoms with Gasteiger partial charge in [-0.2, -0.15) is 5.10 Å². The lowest BCUT2D eigenvalue weighted by Gasteiger charge is -2.11. The first kappa shape index (κ1) is 18.7. The summed E-state index contributed by atoms with van der Waals surface area (Å²) in [5.41, 5.74) is 4.56. The van der Waals surface area contributed by atoms with E-state index in [9.17, 15) is 4.79 Å². The molecule has 0 saturated carbocycles. The van der Waals surface area contributed by atoms with Crippen LogP contribution in [0.2, 0.25) is 10.0 Å². The van der Waals surface area contributed by atoms with Crippen molar-refractivity contribution in [1.29, 1.82) is 0 Å². The molecule has 0 atom stereocenters. The van der Waals surface area contributed by atoms with Crippen LogP contribution in [0.15, 0.2) is 30.3 Å². The van der Waals surface area contributed by atoms with Crippen LogP contribution in [0.25, 0.3) is 11.3 Å². The summed E-state index contributed by atoms with van der Waals surface area (Å²) in [6.07, 6.45) is 0.574. The van der Waals surface area contributed by atoms with Gasteiger partial charge in [0, 0.05) is 24.6 Å². The number of rotatable bonds is 4. The molecule has 8 heteroatoms. The molecule has 4 rings (SSSR count). The number of aryl methyl sites for hydroxylation is 1. The Kier molecular flexibility index (Phi) is 4.69. The molecule has 0 aliphatic heterocycles. The summed E-state index contributed by atoms with van der Waals surface area (Å²) in [7, 11) is 5.01. The Labute approximate surface area is 172 Å². The molecule has 1 aliphatic rings. The minimum atomic E-state index is -0.340. The first-order chi connectivity index (χ1) is 13.4. The number of hydrogen-bond acceptors (Lipinski definition) is 4. The molecule has 1 aromatic heterocycles. The molecule has 3 aromatic rings. The molecule has 6 nitrogen and oxygen atoms in total. The number of amides is 1. The third-order valence-electron chi connectivity index (χ3n) is 4.79. The highest BCUT2D eigenvalue weighted by atomic mass is 35.5. The molecule has 28 heavy (non-hydrogen) atoms. The molecular formula is C20H17Cl2N3O3. The maximum atomic E-state index is 12.9. The summed E-state index contributed by atoms with van der Waals surface area (Å²) < 4.78 is 12.5. The normalized spacial score (nSPS) is 11.8. The van der Waals surface area contributed by atoms with Crippen molar-refractivity contribution in [2.45, 2.75) is 6.42 Å². The highest BCUT2D eigenvalue weighted by Gasteiger charge is 2.31. The Hall–Kier alpha value is -2.70. The molecule has 1 aliphatic carbocycles. The first-order valence-corrected chi connectivity index (χ1v) is 9.26. The van der Waals surface area contributed by atoms with Gasteiger partial charge in [0.05, 0.1) is 35.6 Å². The Morgan fingerprint density at radius 1 is 1.18 bits per heavy atom. The molecule has 0 radical (unpaired) electrons. The number of hydrogen-bond donors (Lipinski definition) is 1. The fourth-order valence-corrected chi connectivity index (χ4v) is 3.86. The Morgan fingerprint density at radius 3 is 2.61 bits per heavy atom. The fourth-order valence-electron chi connectivity index (χ4n) is 3.51. The van der Waals surface area contributed by atoms with Crippen LogP contribution >= 0.6 is 23.2 Å². The van der Waals surface area contributed by atoms with Crippen LogP contribution in [0.5, 0.6) is 11.5 Å². The van der Waals surface area contributed by atoms with Gasteiger partial charge in [-0.25, -0.2) is 0 Å². The fraction of sp³-hybridized carbons (Fsp3) is 0.200. The van der Waals surface area contributed by atoms with Gasteiger partial charge in [-0.05, 0) is 29.8 Å². The van der Waals surface area contributed by atoms with Crippen molar-refractivity contribution < 1.29 is 14.3 Å². The summed E-state index contributed by atoms with van der Waals surface area (Å²) in [6.45, 7) is 0. The number of carbonyl (C=O) groups excluding carboxylic acids is 1. The number of ether oxygens (including phenoxy) is 2. The van der Waals surface area contributed by atoms with Crippen molar-refractivity contribution >= 4 is 34.8 Å². The topological polar surface area (TPSA) is 65.4 Å². The summed E-state index contributed by atoms with van der Waals surface area (Å²) in [6, 6.07) is 8.93. The Morgan fingerprint density at radius 2 is 1.89 bits per heavy atom. The van der Waals surface area contributed by atoms with Gasteiger partial charge in [0.15, 0.2) is 17.2 Å². The third-order valence-corrected chi connectivity index (χ3v) is 5.61. The summed E-state index contributed by atoms with van der Waals surface area (Å²) in [5, 5.41) is 7.90.